The van der Waals surface area contributed by atoms with Gasteiger partial charge in [0.1, 0.15) is 0 Å². The minimum atomic E-state index is 0.664. The number of rotatable bonds is 6. The summed E-state index contributed by atoms with van der Waals surface area (Å²) in [6, 6.07) is 18.1. The van der Waals surface area contributed by atoms with Crippen molar-refractivity contribution in [3.8, 4) is 28.3 Å². The zero-order valence-corrected chi connectivity index (χ0v) is 17.9. The predicted molar refractivity (Wildman–Crippen MR) is 124 cm³/mol. The Morgan fingerprint density at radius 1 is 1.00 bits per heavy atom. The van der Waals surface area contributed by atoms with Crippen molar-refractivity contribution >= 4 is 22.5 Å². The zero-order chi connectivity index (χ0) is 21.1. The molecule has 0 radical (unpaired) electrons. The minimum absolute atomic E-state index is 0.664. The van der Waals surface area contributed by atoms with E-state index in [1.807, 2.05) is 54.9 Å². The largest absolute Gasteiger partial charge is 0.347 e. The van der Waals surface area contributed by atoms with Crippen molar-refractivity contribution in [3.63, 3.8) is 0 Å². The molecule has 2 aromatic carbocycles. The number of hydrogen-bond donors (Lipinski definition) is 0. The molecule has 0 N–H and O–H groups in total. The summed E-state index contributed by atoms with van der Waals surface area (Å²) in [6.07, 6.45) is 6.99. The van der Waals surface area contributed by atoms with Gasteiger partial charge in [0.15, 0.2) is 0 Å². The SMILES string of the molecule is CN(C)CCCn1cc(-c2cncc(-c3ccc(Cl)cc3)c2)c2cc(C#N)ccc21. The van der Waals surface area contributed by atoms with Crippen LogP contribution in [0.1, 0.15) is 12.0 Å². The van der Waals surface area contributed by atoms with E-state index in [-0.39, 0.29) is 0 Å². The molecule has 0 atom stereocenters. The summed E-state index contributed by atoms with van der Waals surface area (Å²) in [5, 5.41) is 11.2. The third-order valence-electron chi connectivity index (χ3n) is 5.24. The maximum absolute atomic E-state index is 9.40. The van der Waals surface area contributed by atoms with Gasteiger partial charge < -0.3 is 9.47 Å². The summed E-state index contributed by atoms with van der Waals surface area (Å²) in [6.45, 7) is 1.95. The number of nitriles is 1. The van der Waals surface area contributed by atoms with Crippen LogP contribution in [-0.2, 0) is 6.54 Å². The Kier molecular flexibility index (Phi) is 5.85. The van der Waals surface area contributed by atoms with Gasteiger partial charge in [0.2, 0.25) is 0 Å². The molecule has 4 aromatic rings. The lowest BCUT2D eigenvalue weighted by Gasteiger charge is -2.10. The maximum atomic E-state index is 9.40. The molecule has 0 bridgehead atoms. The fourth-order valence-electron chi connectivity index (χ4n) is 3.73. The van der Waals surface area contributed by atoms with E-state index < -0.39 is 0 Å². The standard InChI is InChI=1S/C25H23ClN4/c1-29(2)10-3-11-30-17-24(23-12-18(14-27)4-9-25(23)30)21-13-20(15-28-16-21)19-5-7-22(26)8-6-19/h4-9,12-13,15-17H,3,10-11H2,1-2H3. The highest BCUT2D eigenvalue weighted by Crippen LogP contribution is 2.33. The monoisotopic (exact) mass is 414 g/mol. The van der Waals surface area contributed by atoms with Crippen LogP contribution in [0.2, 0.25) is 5.02 Å². The van der Waals surface area contributed by atoms with Crippen molar-refractivity contribution in [2.75, 3.05) is 20.6 Å². The molecule has 0 aliphatic heterocycles. The average Bonchev–Trinajstić information content (AvgIpc) is 3.12. The fraction of sp³-hybridized carbons (Fsp3) is 0.200. The smallest absolute Gasteiger partial charge is 0.0991 e. The highest BCUT2D eigenvalue weighted by molar-refractivity contribution is 6.30. The second kappa shape index (κ2) is 8.71. The first-order valence-corrected chi connectivity index (χ1v) is 10.3. The van der Waals surface area contributed by atoms with Crippen molar-refractivity contribution in [3.05, 3.63) is 77.7 Å². The Labute approximate surface area is 182 Å². The molecule has 0 fully saturated rings. The van der Waals surface area contributed by atoms with Gasteiger partial charge >= 0.3 is 0 Å². The van der Waals surface area contributed by atoms with Crippen molar-refractivity contribution < 1.29 is 0 Å². The number of fused-ring (bicyclic) bond motifs is 1. The van der Waals surface area contributed by atoms with Crippen LogP contribution in [0, 0.1) is 11.3 Å². The number of nitrogens with zero attached hydrogens (tertiary/aromatic N) is 4. The molecule has 5 heteroatoms. The van der Waals surface area contributed by atoms with Crippen molar-refractivity contribution in [1.29, 1.82) is 5.26 Å². The first-order chi connectivity index (χ1) is 14.5. The molecule has 150 valence electrons. The molecule has 0 aliphatic rings. The molecule has 0 unspecified atom stereocenters. The first-order valence-electron chi connectivity index (χ1n) is 9.94. The molecule has 4 rings (SSSR count). The van der Waals surface area contributed by atoms with E-state index >= 15 is 0 Å². The summed E-state index contributed by atoms with van der Waals surface area (Å²) in [5.74, 6) is 0. The summed E-state index contributed by atoms with van der Waals surface area (Å²) in [7, 11) is 4.18. The Morgan fingerprint density at radius 3 is 2.50 bits per heavy atom. The Hall–Kier alpha value is -3.13. The van der Waals surface area contributed by atoms with E-state index in [9.17, 15) is 5.26 Å². The van der Waals surface area contributed by atoms with E-state index in [1.54, 1.807) is 0 Å². The first kappa shape index (κ1) is 20.2. The molecule has 0 saturated carbocycles. The van der Waals surface area contributed by atoms with Gasteiger partial charge in [-0.2, -0.15) is 5.26 Å². The van der Waals surface area contributed by atoms with Gasteiger partial charge in [-0.15, -0.1) is 0 Å². The van der Waals surface area contributed by atoms with Gasteiger partial charge in [-0.25, -0.2) is 0 Å². The quantitative estimate of drug-likeness (QED) is 0.397. The number of aromatic nitrogens is 2. The summed E-state index contributed by atoms with van der Waals surface area (Å²) < 4.78 is 2.28. The highest BCUT2D eigenvalue weighted by atomic mass is 35.5. The molecule has 2 aromatic heterocycles. The number of aryl methyl sites for hydroxylation is 1. The van der Waals surface area contributed by atoms with Gasteiger partial charge in [0.25, 0.3) is 0 Å². The van der Waals surface area contributed by atoms with E-state index in [2.05, 4.69) is 46.9 Å². The lowest BCUT2D eigenvalue weighted by molar-refractivity contribution is 0.388. The molecule has 0 aliphatic carbocycles. The van der Waals surface area contributed by atoms with Crippen LogP contribution in [0.25, 0.3) is 33.2 Å². The van der Waals surface area contributed by atoms with Gasteiger partial charge in [-0.05, 0) is 69.0 Å². The highest BCUT2D eigenvalue weighted by Gasteiger charge is 2.13. The Morgan fingerprint density at radius 2 is 1.77 bits per heavy atom. The van der Waals surface area contributed by atoms with Gasteiger partial charge in [-0.3, -0.25) is 4.98 Å². The van der Waals surface area contributed by atoms with Crippen molar-refractivity contribution in [2.45, 2.75) is 13.0 Å². The summed E-state index contributed by atoms with van der Waals surface area (Å²) in [4.78, 5) is 6.68. The molecular weight excluding hydrogens is 392 g/mol. The second-order valence-corrected chi connectivity index (χ2v) is 8.14. The van der Waals surface area contributed by atoms with Gasteiger partial charge in [0, 0.05) is 57.8 Å². The van der Waals surface area contributed by atoms with Crippen molar-refractivity contribution in [1.82, 2.24) is 14.5 Å². The lowest BCUT2D eigenvalue weighted by atomic mass is 10.0. The van der Waals surface area contributed by atoms with E-state index in [0.29, 0.717) is 10.6 Å². The van der Waals surface area contributed by atoms with Crippen LogP contribution in [0.3, 0.4) is 0 Å². The third kappa shape index (κ3) is 4.23. The number of benzene rings is 2. The molecule has 0 saturated heterocycles. The number of hydrogen-bond acceptors (Lipinski definition) is 3. The van der Waals surface area contributed by atoms with Crippen LogP contribution in [0.4, 0.5) is 0 Å². The number of halogens is 1. The zero-order valence-electron chi connectivity index (χ0n) is 17.1. The molecule has 30 heavy (non-hydrogen) atoms. The fourth-order valence-corrected chi connectivity index (χ4v) is 3.85. The average molecular weight is 415 g/mol. The van der Waals surface area contributed by atoms with E-state index in [0.717, 1.165) is 52.7 Å². The topological polar surface area (TPSA) is 44.9 Å². The van der Waals surface area contributed by atoms with Crippen LogP contribution >= 0.6 is 11.6 Å². The van der Waals surface area contributed by atoms with Crippen LogP contribution in [0.5, 0.6) is 0 Å². The third-order valence-corrected chi connectivity index (χ3v) is 5.49. The molecule has 0 spiro atoms. The normalized spacial score (nSPS) is 11.2. The van der Waals surface area contributed by atoms with Crippen LogP contribution < -0.4 is 0 Å². The van der Waals surface area contributed by atoms with Crippen molar-refractivity contribution in [2.24, 2.45) is 0 Å². The Bertz CT molecular complexity index is 1220. The summed E-state index contributed by atoms with van der Waals surface area (Å²) in [5.41, 5.74) is 6.04. The van der Waals surface area contributed by atoms with E-state index in [4.69, 9.17) is 11.6 Å². The molecule has 4 nitrogen and oxygen atoms in total. The number of pyridine rings is 1. The Balaban J connectivity index is 1.79. The predicted octanol–water partition coefficient (Wildman–Crippen LogP) is 5.85. The maximum Gasteiger partial charge on any atom is 0.0991 e. The molecule has 2 heterocycles. The van der Waals surface area contributed by atoms with Crippen LogP contribution in [0.15, 0.2) is 67.1 Å². The molecule has 0 amide bonds. The van der Waals surface area contributed by atoms with Crippen LogP contribution in [-0.4, -0.2) is 35.1 Å². The molecular formula is C25H23ClN4. The minimum Gasteiger partial charge on any atom is -0.347 e. The lowest BCUT2D eigenvalue weighted by Crippen LogP contribution is -2.14. The van der Waals surface area contributed by atoms with Gasteiger partial charge in [0.05, 0.1) is 11.6 Å². The summed E-state index contributed by atoms with van der Waals surface area (Å²) >= 11 is 6.04. The second-order valence-electron chi connectivity index (χ2n) is 7.71. The van der Waals surface area contributed by atoms with Gasteiger partial charge in [-0.1, -0.05) is 23.7 Å². The van der Waals surface area contributed by atoms with E-state index in [1.165, 1.54) is 0 Å².